The van der Waals surface area contributed by atoms with Crippen molar-refractivity contribution in [3.63, 3.8) is 0 Å². The highest BCUT2D eigenvalue weighted by Gasteiger charge is 2.14. The summed E-state index contributed by atoms with van der Waals surface area (Å²) in [6.07, 6.45) is 0. The van der Waals surface area contributed by atoms with E-state index in [4.69, 9.17) is 5.26 Å². The van der Waals surface area contributed by atoms with E-state index in [0.717, 1.165) is 0 Å². The van der Waals surface area contributed by atoms with Crippen LogP contribution in [-0.2, 0) is 0 Å². The molecule has 0 spiro atoms. The number of hydrogen-bond donors (Lipinski definition) is 0. The summed E-state index contributed by atoms with van der Waals surface area (Å²) in [7, 11) is 0. The van der Waals surface area contributed by atoms with Gasteiger partial charge in [0.2, 0.25) is 0 Å². The number of aryl methyl sites for hydroxylation is 1. The highest BCUT2D eigenvalue weighted by atomic mass is 32.2. The number of pyridine rings is 1. The average molecular weight is 271 g/mol. The molecule has 0 amide bonds. The molecule has 0 fully saturated rings. The molecule has 0 radical (unpaired) electrons. The Morgan fingerprint density at radius 2 is 2.11 bits per heavy atom. The molecule has 0 bridgehead atoms. The largest absolute Gasteiger partial charge is 0.283 e. The lowest BCUT2D eigenvalue weighted by atomic mass is 10.2. The van der Waals surface area contributed by atoms with Gasteiger partial charge in [-0.3, -0.25) is 10.1 Å². The Hall–Kier alpha value is -2.39. The fourth-order valence-corrected chi connectivity index (χ4v) is 2.56. The Labute approximate surface area is 114 Å². The molecule has 0 saturated carbocycles. The fourth-order valence-electron chi connectivity index (χ4n) is 1.56. The second-order valence-corrected chi connectivity index (χ2v) is 4.84. The number of aromatic nitrogens is 1. The second-order valence-electron chi connectivity index (χ2n) is 3.77. The third kappa shape index (κ3) is 3.09. The Morgan fingerprint density at radius 3 is 2.79 bits per heavy atom. The summed E-state index contributed by atoms with van der Waals surface area (Å²) in [5, 5.41) is 20.4. The zero-order valence-corrected chi connectivity index (χ0v) is 10.8. The van der Waals surface area contributed by atoms with Gasteiger partial charge in [-0.2, -0.15) is 5.26 Å². The summed E-state index contributed by atoms with van der Waals surface area (Å²) in [5.74, 6) is 0. The molecule has 0 aliphatic heterocycles. The summed E-state index contributed by atoms with van der Waals surface area (Å²) in [4.78, 5) is 15.3. The van der Waals surface area contributed by atoms with Gasteiger partial charge in [-0.1, -0.05) is 23.9 Å². The summed E-state index contributed by atoms with van der Waals surface area (Å²) in [6.45, 7) is 1.78. The predicted molar refractivity (Wildman–Crippen MR) is 70.9 cm³/mol. The van der Waals surface area contributed by atoms with E-state index in [0.29, 0.717) is 21.2 Å². The lowest BCUT2D eigenvalue weighted by molar-refractivity contribution is -0.387. The first-order chi connectivity index (χ1) is 9.10. The van der Waals surface area contributed by atoms with Gasteiger partial charge < -0.3 is 0 Å². The Balaban J connectivity index is 2.39. The van der Waals surface area contributed by atoms with Gasteiger partial charge in [0.05, 0.1) is 21.5 Å². The molecule has 6 heteroatoms. The van der Waals surface area contributed by atoms with Gasteiger partial charge in [-0.05, 0) is 25.1 Å². The number of para-hydroxylation sites is 1. The molecule has 0 atom stereocenters. The van der Waals surface area contributed by atoms with Crippen molar-refractivity contribution in [2.75, 3.05) is 0 Å². The van der Waals surface area contributed by atoms with Crippen LogP contribution in [0.5, 0.6) is 0 Å². The van der Waals surface area contributed by atoms with Crippen LogP contribution in [0.2, 0.25) is 0 Å². The molecule has 2 aromatic rings. The van der Waals surface area contributed by atoms with Gasteiger partial charge in [0.25, 0.3) is 5.69 Å². The van der Waals surface area contributed by atoms with Crippen molar-refractivity contribution in [1.82, 2.24) is 4.98 Å². The van der Waals surface area contributed by atoms with E-state index in [2.05, 4.69) is 4.98 Å². The maximum absolute atomic E-state index is 10.9. The van der Waals surface area contributed by atoms with Crippen LogP contribution >= 0.6 is 11.8 Å². The molecular formula is C13H9N3O2S. The van der Waals surface area contributed by atoms with Crippen molar-refractivity contribution in [3.8, 4) is 6.07 Å². The van der Waals surface area contributed by atoms with E-state index in [1.54, 1.807) is 37.3 Å². The molecule has 1 heterocycles. The molecule has 0 aliphatic rings. The molecule has 0 unspecified atom stereocenters. The first-order valence-corrected chi connectivity index (χ1v) is 6.22. The van der Waals surface area contributed by atoms with Gasteiger partial charge in [0.1, 0.15) is 5.03 Å². The van der Waals surface area contributed by atoms with Crippen LogP contribution in [0.15, 0.2) is 46.3 Å². The topological polar surface area (TPSA) is 79.8 Å². The van der Waals surface area contributed by atoms with Gasteiger partial charge in [-0.25, -0.2) is 4.98 Å². The average Bonchev–Trinajstić information content (AvgIpc) is 2.38. The molecule has 19 heavy (non-hydrogen) atoms. The lowest BCUT2D eigenvalue weighted by Crippen LogP contribution is -1.92. The number of nitriles is 1. The molecular weight excluding hydrogens is 262 g/mol. The van der Waals surface area contributed by atoms with Gasteiger partial charge in [0, 0.05) is 11.8 Å². The number of benzene rings is 1. The third-order valence-electron chi connectivity index (χ3n) is 2.34. The van der Waals surface area contributed by atoms with Crippen molar-refractivity contribution >= 4 is 17.4 Å². The number of hydrogen-bond acceptors (Lipinski definition) is 5. The van der Waals surface area contributed by atoms with Crippen molar-refractivity contribution in [2.45, 2.75) is 16.8 Å². The van der Waals surface area contributed by atoms with E-state index in [1.807, 2.05) is 6.07 Å². The maximum Gasteiger partial charge on any atom is 0.283 e. The smallest absolute Gasteiger partial charge is 0.258 e. The monoisotopic (exact) mass is 271 g/mol. The quantitative estimate of drug-likeness (QED) is 0.632. The first kappa shape index (κ1) is 13.1. The summed E-state index contributed by atoms with van der Waals surface area (Å²) in [6, 6.07) is 11.8. The van der Waals surface area contributed by atoms with E-state index >= 15 is 0 Å². The summed E-state index contributed by atoms with van der Waals surface area (Å²) in [5.41, 5.74) is 1.24. The van der Waals surface area contributed by atoms with Crippen molar-refractivity contribution in [3.05, 3.63) is 57.8 Å². The zero-order chi connectivity index (χ0) is 13.8. The molecule has 0 saturated heterocycles. The van der Waals surface area contributed by atoms with Crippen LogP contribution in [0.1, 0.15) is 11.3 Å². The molecule has 0 N–H and O–H groups in total. The number of nitro benzene ring substituents is 1. The van der Waals surface area contributed by atoms with Gasteiger partial charge in [0.15, 0.2) is 0 Å². The van der Waals surface area contributed by atoms with Gasteiger partial charge in [-0.15, -0.1) is 0 Å². The Morgan fingerprint density at radius 1 is 1.37 bits per heavy atom. The standard InChI is InChI=1S/C13H9N3O2S/c1-9-6-10(8-14)7-13(15-9)19-12-5-3-2-4-11(12)16(17)18/h2-7H,1H3. The van der Waals surface area contributed by atoms with Crippen molar-refractivity contribution in [2.24, 2.45) is 0 Å². The predicted octanol–water partition coefficient (Wildman–Crippen LogP) is 3.32. The van der Waals surface area contributed by atoms with Crippen LogP contribution in [0, 0.1) is 28.4 Å². The van der Waals surface area contributed by atoms with E-state index < -0.39 is 4.92 Å². The van der Waals surface area contributed by atoms with Crippen LogP contribution in [-0.4, -0.2) is 9.91 Å². The Kier molecular flexibility index (Phi) is 3.78. The van der Waals surface area contributed by atoms with Gasteiger partial charge >= 0.3 is 0 Å². The highest BCUT2D eigenvalue weighted by Crippen LogP contribution is 2.33. The summed E-state index contributed by atoms with van der Waals surface area (Å²) >= 11 is 1.18. The molecule has 1 aromatic carbocycles. The normalized spacial score (nSPS) is 9.89. The SMILES string of the molecule is Cc1cc(C#N)cc(Sc2ccccc2[N+](=O)[O-])n1. The number of nitro groups is 1. The lowest BCUT2D eigenvalue weighted by Gasteiger charge is -2.03. The molecule has 5 nitrogen and oxygen atoms in total. The molecule has 2 rings (SSSR count). The fraction of sp³-hybridized carbons (Fsp3) is 0.0769. The summed E-state index contributed by atoms with van der Waals surface area (Å²) < 4.78 is 0. The third-order valence-corrected chi connectivity index (χ3v) is 3.32. The second kappa shape index (κ2) is 5.50. The molecule has 1 aromatic heterocycles. The van der Waals surface area contributed by atoms with Crippen LogP contribution in [0.25, 0.3) is 0 Å². The minimum atomic E-state index is -0.427. The van der Waals surface area contributed by atoms with Crippen molar-refractivity contribution in [1.29, 1.82) is 5.26 Å². The molecule has 0 aliphatic carbocycles. The number of rotatable bonds is 3. The van der Waals surface area contributed by atoms with Crippen molar-refractivity contribution < 1.29 is 4.92 Å². The van der Waals surface area contributed by atoms with E-state index in [1.165, 1.54) is 17.8 Å². The minimum absolute atomic E-state index is 0.0364. The molecule has 94 valence electrons. The minimum Gasteiger partial charge on any atom is -0.258 e. The van der Waals surface area contributed by atoms with E-state index in [-0.39, 0.29) is 5.69 Å². The highest BCUT2D eigenvalue weighted by molar-refractivity contribution is 7.99. The van der Waals surface area contributed by atoms with Crippen LogP contribution < -0.4 is 0 Å². The zero-order valence-electron chi connectivity index (χ0n) is 10.0. The van der Waals surface area contributed by atoms with Crippen LogP contribution in [0.4, 0.5) is 5.69 Å². The first-order valence-electron chi connectivity index (χ1n) is 5.40. The Bertz CT molecular complexity index is 680. The van der Waals surface area contributed by atoms with Crippen LogP contribution in [0.3, 0.4) is 0 Å². The van der Waals surface area contributed by atoms with E-state index in [9.17, 15) is 10.1 Å². The maximum atomic E-state index is 10.9. The number of nitrogens with zero attached hydrogens (tertiary/aromatic N) is 3.